The van der Waals surface area contributed by atoms with Crippen LogP contribution < -0.4 is 15.8 Å². The Balaban J connectivity index is 2.23. The standard InChI is InChI=1S/C14H13FN2O2/c1-19-13-5-3-2-4-12(13)17-14(18)9-6-7-10(15)11(16)8-9/h2-8H,16H2,1H3,(H,17,18). The van der Waals surface area contributed by atoms with Gasteiger partial charge in [-0.1, -0.05) is 12.1 Å². The van der Waals surface area contributed by atoms with Gasteiger partial charge in [-0.15, -0.1) is 0 Å². The van der Waals surface area contributed by atoms with E-state index in [1.165, 1.54) is 19.2 Å². The van der Waals surface area contributed by atoms with E-state index in [0.29, 0.717) is 11.4 Å². The van der Waals surface area contributed by atoms with Crippen molar-refractivity contribution in [1.29, 1.82) is 0 Å². The predicted octanol–water partition coefficient (Wildman–Crippen LogP) is 2.67. The number of methoxy groups -OCH3 is 1. The number of hydrogen-bond donors (Lipinski definition) is 2. The highest BCUT2D eigenvalue weighted by Gasteiger charge is 2.10. The van der Waals surface area contributed by atoms with Crippen molar-refractivity contribution in [3.63, 3.8) is 0 Å². The highest BCUT2D eigenvalue weighted by atomic mass is 19.1. The van der Waals surface area contributed by atoms with Gasteiger partial charge in [0.2, 0.25) is 0 Å². The summed E-state index contributed by atoms with van der Waals surface area (Å²) >= 11 is 0. The van der Waals surface area contributed by atoms with E-state index in [-0.39, 0.29) is 17.2 Å². The first-order valence-corrected chi connectivity index (χ1v) is 5.61. The van der Waals surface area contributed by atoms with E-state index in [0.717, 1.165) is 6.07 Å². The molecular formula is C14H13FN2O2. The third-order valence-electron chi connectivity index (χ3n) is 2.61. The van der Waals surface area contributed by atoms with Crippen molar-refractivity contribution in [3.8, 4) is 5.75 Å². The molecule has 0 atom stereocenters. The smallest absolute Gasteiger partial charge is 0.255 e. The van der Waals surface area contributed by atoms with Crippen LogP contribution in [0.2, 0.25) is 0 Å². The minimum Gasteiger partial charge on any atom is -0.495 e. The fourth-order valence-corrected chi connectivity index (χ4v) is 1.63. The molecule has 5 heteroatoms. The van der Waals surface area contributed by atoms with Crippen molar-refractivity contribution in [2.24, 2.45) is 0 Å². The van der Waals surface area contributed by atoms with E-state index in [4.69, 9.17) is 10.5 Å². The maximum atomic E-state index is 13.0. The lowest BCUT2D eigenvalue weighted by atomic mass is 10.1. The number of anilines is 2. The zero-order valence-electron chi connectivity index (χ0n) is 10.3. The first-order chi connectivity index (χ1) is 9.11. The van der Waals surface area contributed by atoms with Gasteiger partial charge >= 0.3 is 0 Å². The molecule has 4 nitrogen and oxygen atoms in total. The van der Waals surface area contributed by atoms with Gasteiger partial charge in [-0.25, -0.2) is 4.39 Å². The molecule has 0 heterocycles. The quantitative estimate of drug-likeness (QED) is 0.834. The van der Waals surface area contributed by atoms with Gasteiger partial charge in [-0.3, -0.25) is 4.79 Å². The van der Waals surface area contributed by atoms with Gasteiger partial charge in [-0.05, 0) is 30.3 Å². The van der Waals surface area contributed by atoms with E-state index < -0.39 is 5.82 Å². The van der Waals surface area contributed by atoms with Crippen molar-refractivity contribution >= 4 is 17.3 Å². The molecule has 3 N–H and O–H groups in total. The van der Waals surface area contributed by atoms with E-state index in [1.807, 2.05) is 0 Å². The summed E-state index contributed by atoms with van der Waals surface area (Å²) in [7, 11) is 1.51. The molecule has 2 aromatic carbocycles. The van der Waals surface area contributed by atoms with Crippen LogP contribution in [0.1, 0.15) is 10.4 Å². The maximum Gasteiger partial charge on any atom is 0.255 e. The first-order valence-electron chi connectivity index (χ1n) is 5.61. The molecule has 1 amide bonds. The normalized spacial score (nSPS) is 10.0. The molecule has 98 valence electrons. The number of benzene rings is 2. The highest BCUT2D eigenvalue weighted by Crippen LogP contribution is 2.24. The maximum absolute atomic E-state index is 13.0. The van der Waals surface area contributed by atoms with Crippen LogP contribution in [-0.4, -0.2) is 13.0 Å². The average Bonchev–Trinajstić information content (AvgIpc) is 2.42. The fourth-order valence-electron chi connectivity index (χ4n) is 1.63. The summed E-state index contributed by atoms with van der Waals surface area (Å²) in [5.41, 5.74) is 6.19. The third kappa shape index (κ3) is 2.82. The Morgan fingerprint density at radius 3 is 2.68 bits per heavy atom. The average molecular weight is 260 g/mol. The predicted molar refractivity (Wildman–Crippen MR) is 71.8 cm³/mol. The number of ether oxygens (including phenoxy) is 1. The van der Waals surface area contributed by atoms with E-state index >= 15 is 0 Å². The van der Waals surface area contributed by atoms with Crippen LogP contribution in [0.4, 0.5) is 15.8 Å². The second kappa shape index (κ2) is 5.39. The molecule has 0 bridgehead atoms. The van der Waals surface area contributed by atoms with Crippen molar-refractivity contribution in [1.82, 2.24) is 0 Å². The summed E-state index contributed by atoms with van der Waals surface area (Å²) in [6, 6.07) is 10.8. The number of para-hydroxylation sites is 2. The molecule has 0 saturated carbocycles. The van der Waals surface area contributed by atoms with Crippen molar-refractivity contribution in [2.45, 2.75) is 0 Å². The summed E-state index contributed by atoms with van der Waals surface area (Å²) in [6.07, 6.45) is 0. The van der Waals surface area contributed by atoms with E-state index in [2.05, 4.69) is 5.32 Å². The number of halogens is 1. The number of nitrogens with two attached hydrogens (primary N) is 1. The van der Waals surface area contributed by atoms with E-state index in [1.54, 1.807) is 24.3 Å². The Hall–Kier alpha value is -2.56. The SMILES string of the molecule is COc1ccccc1NC(=O)c1ccc(F)c(N)c1. The first kappa shape index (κ1) is 12.9. The zero-order chi connectivity index (χ0) is 13.8. The Morgan fingerprint density at radius 1 is 1.26 bits per heavy atom. The minimum atomic E-state index is -0.547. The second-order valence-corrected chi connectivity index (χ2v) is 3.89. The number of carbonyl (C=O) groups is 1. The van der Waals surface area contributed by atoms with Crippen LogP contribution in [0.15, 0.2) is 42.5 Å². The van der Waals surface area contributed by atoms with Crippen molar-refractivity contribution in [3.05, 3.63) is 53.8 Å². The number of amides is 1. The third-order valence-corrected chi connectivity index (χ3v) is 2.61. The van der Waals surface area contributed by atoms with Gasteiger partial charge < -0.3 is 15.8 Å². The van der Waals surface area contributed by atoms with Gasteiger partial charge in [0.25, 0.3) is 5.91 Å². The second-order valence-electron chi connectivity index (χ2n) is 3.89. The Labute approximate surface area is 110 Å². The molecule has 0 aromatic heterocycles. The van der Waals surface area contributed by atoms with Gasteiger partial charge in [0.15, 0.2) is 0 Å². The van der Waals surface area contributed by atoms with Gasteiger partial charge in [0.05, 0.1) is 18.5 Å². The number of hydrogen-bond acceptors (Lipinski definition) is 3. The number of carbonyl (C=O) groups excluding carboxylic acids is 1. The van der Waals surface area contributed by atoms with Gasteiger partial charge in [-0.2, -0.15) is 0 Å². The van der Waals surface area contributed by atoms with Crippen LogP contribution in [-0.2, 0) is 0 Å². The number of nitrogen functional groups attached to an aromatic ring is 1. The monoisotopic (exact) mass is 260 g/mol. The van der Waals surface area contributed by atoms with Gasteiger partial charge in [0, 0.05) is 5.56 Å². The summed E-state index contributed by atoms with van der Waals surface area (Å²) in [5.74, 6) is -0.379. The zero-order valence-corrected chi connectivity index (χ0v) is 10.3. The Kier molecular flexibility index (Phi) is 3.66. The molecular weight excluding hydrogens is 247 g/mol. The highest BCUT2D eigenvalue weighted by molar-refractivity contribution is 6.05. The molecule has 0 spiro atoms. The topological polar surface area (TPSA) is 64.3 Å². The lowest BCUT2D eigenvalue weighted by molar-refractivity contribution is 0.102. The van der Waals surface area contributed by atoms with Crippen LogP contribution >= 0.6 is 0 Å². The molecule has 19 heavy (non-hydrogen) atoms. The lowest BCUT2D eigenvalue weighted by Crippen LogP contribution is -2.13. The molecule has 0 unspecified atom stereocenters. The van der Waals surface area contributed by atoms with Crippen LogP contribution in [0.5, 0.6) is 5.75 Å². The number of nitrogens with one attached hydrogen (secondary N) is 1. The van der Waals surface area contributed by atoms with Crippen LogP contribution in [0.3, 0.4) is 0 Å². The molecule has 0 aliphatic heterocycles. The largest absolute Gasteiger partial charge is 0.495 e. The molecule has 0 fully saturated rings. The Morgan fingerprint density at radius 2 is 2.00 bits per heavy atom. The number of rotatable bonds is 3. The van der Waals surface area contributed by atoms with Crippen molar-refractivity contribution in [2.75, 3.05) is 18.2 Å². The summed E-state index contributed by atoms with van der Waals surface area (Å²) < 4.78 is 18.2. The molecule has 2 aromatic rings. The lowest BCUT2D eigenvalue weighted by Gasteiger charge is -2.10. The van der Waals surface area contributed by atoms with Gasteiger partial charge in [0.1, 0.15) is 11.6 Å². The Bertz CT molecular complexity index is 614. The summed E-state index contributed by atoms with van der Waals surface area (Å²) in [6.45, 7) is 0. The minimum absolute atomic E-state index is 0.0623. The summed E-state index contributed by atoms with van der Waals surface area (Å²) in [4.78, 5) is 12.0. The van der Waals surface area contributed by atoms with Crippen LogP contribution in [0, 0.1) is 5.82 Å². The molecule has 0 radical (unpaired) electrons. The molecule has 0 aliphatic carbocycles. The van der Waals surface area contributed by atoms with Crippen LogP contribution in [0.25, 0.3) is 0 Å². The molecule has 2 rings (SSSR count). The molecule has 0 saturated heterocycles. The van der Waals surface area contributed by atoms with E-state index in [9.17, 15) is 9.18 Å². The summed E-state index contributed by atoms with van der Waals surface area (Å²) in [5, 5.41) is 2.68. The fraction of sp³-hybridized carbons (Fsp3) is 0.0714. The molecule has 0 aliphatic rings. The van der Waals surface area contributed by atoms with Crippen molar-refractivity contribution < 1.29 is 13.9 Å².